The van der Waals surface area contributed by atoms with Crippen molar-refractivity contribution < 1.29 is 19.1 Å². The van der Waals surface area contributed by atoms with E-state index in [9.17, 15) is 14.4 Å². The topological polar surface area (TPSA) is 66.9 Å². The molecule has 1 aliphatic heterocycles. The zero-order valence-corrected chi connectivity index (χ0v) is 20.4. The molecule has 7 heteroatoms. The highest BCUT2D eigenvalue weighted by molar-refractivity contribution is 14.1. The quantitative estimate of drug-likeness (QED) is 0.324. The van der Waals surface area contributed by atoms with E-state index in [0.717, 1.165) is 9.13 Å². The third kappa shape index (κ3) is 4.64. The molecule has 0 N–H and O–H groups in total. The number of methoxy groups -OCH3 is 1. The normalized spacial score (nSPS) is 16.6. The minimum Gasteiger partial charge on any atom is -0.497 e. The molecule has 33 heavy (non-hydrogen) atoms. The number of carbonyl (C=O) groups is 3. The Morgan fingerprint density at radius 2 is 1.64 bits per heavy atom. The summed E-state index contributed by atoms with van der Waals surface area (Å²) in [5.74, 6) is -0.402. The molecule has 1 heterocycles. The van der Waals surface area contributed by atoms with Gasteiger partial charge in [-0.3, -0.25) is 14.4 Å². The lowest BCUT2D eigenvalue weighted by atomic mass is 10.0. The van der Waals surface area contributed by atoms with E-state index in [1.807, 2.05) is 49.4 Å². The van der Waals surface area contributed by atoms with Crippen LogP contribution in [-0.2, 0) is 9.59 Å². The maximum absolute atomic E-state index is 13.7. The van der Waals surface area contributed by atoms with Crippen molar-refractivity contribution in [2.75, 3.05) is 12.0 Å². The lowest BCUT2D eigenvalue weighted by Gasteiger charge is -2.33. The van der Waals surface area contributed by atoms with Crippen LogP contribution < -0.4 is 9.64 Å². The first-order valence-corrected chi connectivity index (χ1v) is 11.6. The van der Waals surface area contributed by atoms with E-state index in [1.165, 1.54) is 9.80 Å². The highest BCUT2D eigenvalue weighted by Gasteiger charge is 2.46. The molecular formula is C26H23IN2O4. The van der Waals surface area contributed by atoms with Gasteiger partial charge in [0, 0.05) is 9.13 Å². The van der Waals surface area contributed by atoms with Gasteiger partial charge < -0.3 is 9.64 Å². The van der Waals surface area contributed by atoms with E-state index in [-0.39, 0.29) is 18.2 Å². The largest absolute Gasteiger partial charge is 0.497 e. The fourth-order valence-corrected chi connectivity index (χ4v) is 4.42. The fraction of sp³-hybridized carbons (Fsp3) is 0.192. The van der Waals surface area contributed by atoms with Crippen LogP contribution in [-0.4, -0.2) is 35.8 Å². The van der Waals surface area contributed by atoms with Crippen LogP contribution in [0.4, 0.5) is 5.69 Å². The third-order valence-electron chi connectivity index (χ3n) is 5.81. The van der Waals surface area contributed by atoms with E-state index < -0.39 is 18.0 Å². The van der Waals surface area contributed by atoms with Crippen molar-refractivity contribution in [3.05, 3.63) is 93.6 Å². The summed E-state index contributed by atoms with van der Waals surface area (Å²) in [6, 6.07) is 22.1. The number of rotatable bonds is 6. The Labute approximate surface area is 206 Å². The molecule has 0 aromatic heterocycles. The van der Waals surface area contributed by atoms with E-state index in [1.54, 1.807) is 43.5 Å². The smallest absolute Gasteiger partial charge is 0.257 e. The number of nitrogens with zero attached hydrogens (tertiary/aromatic N) is 2. The molecule has 1 saturated heterocycles. The van der Waals surface area contributed by atoms with Gasteiger partial charge in [-0.2, -0.15) is 0 Å². The molecule has 0 bridgehead atoms. The Morgan fingerprint density at radius 1 is 1.00 bits per heavy atom. The second-order valence-electron chi connectivity index (χ2n) is 7.79. The molecule has 168 valence electrons. The van der Waals surface area contributed by atoms with Crippen molar-refractivity contribution in [2.24, 2.45) is 0 Å². The molecule has 6 nitrogen and oxygen atoms in total. The van der Waals surface area contributed by atoms with E-state index in [0.29, 0.717) is 17.0 Å². The van der Waals surface area contributed by atoms with Crippen molar-refractivity contribution in [3.63, 3.8) is 0 Å². The molecule has 0 spiro atoms. The summed E-state index contributed by atoms with van der Waals surface area (Å²) in [5, 5.41) is 0. The summed E-state index contributed by atoms with van der Waals surface area (Å²) in [6.45, 7) is 1.88. The van der Waals surface area contributed by atoms with Gasteiger partial charge in [0.05, 0.1) is 25.3 Å². The van der Waals surface area contributed by atoms with Crippen LogP contribution in [0.25, 0.3) is 0 Å². The van der Waals surface area contributed by atoms with Crippen LogP contribution in [0.2, 0.25) is 0 Å². The van der Waals surface area contributed by atoms with Crippen LogP contribution in [0.1, 0.15) is 35.3 Å². The minimum atomic E-state index is -0.901. The van der Waals surface area contributed by atoms with Crippen molar-refractivity contribution in [1.29, 1.82) is 0 Å². The van der Waals surface area contributed by atoms with Gasteiger partial charge in [0.15, 0.2) is 0 Å². The molecule has 0 radical (unpaired) electrons. The maximum atomic E-state index is 13.7. The summed E-state index contributed by atoms with van der Waals surface area (Å²) < 4.78 is 6.20. The number of amides is 3. The fourth-order valence-electron chi connectivity index (χ4n) is 4.06. The minimum absolute atomic E-state index is 0.0656. The lowest BCUT2D eigenvalue weighted by Crippen LogP contribution is -2.46. The van der Waals surface area contributed by atoms with Crippen LogP contribution >= 0.6 is 22.6 Å². The molecule has 3 amide bonds. The number of ether oxygens (including phenoxy) is 1. The number of hydrogen-bond donors (Lipinski definition) is 0. The van der Waals surface area contributed by atoms with Crippen molar-refractivity contribution in [2.45, 2.75) is 25.4 Å². The Hall–Kier alpha value is -3.20. The summed E-state index contributed by atoms with van der Waals surface area (Å²) in [6.07, 6.45) is -0.0656. The van der Waals surface area contributed by atoms with Gasteiger partial charge in [-0.25, -0.2) is 4.90 Å². The maximum Gasteiger partial charge on any atom is 0.257 e. The van der Waals surface area contributed by atoms with E-state index in [2.05, 4.69) is 22.6 Å². The van der Waals surface area contributed by atoms with Gasteiger partial charge in [0.1, 0.15) is 11.8 Å². The third-order valence-corrected chi connectivity index (χ3v) is 6.53. The lowest BCUT2D eigenvalue weighted by molar-refractivity contribution is -0.122. The molecule has 0 saturated carbocycles. The second-order valence-corrected chi connectivity index (χ2v) is 9.04. The first-order chi connectivity index (χ1) is 15.9. The second kappa shape index (κ2) is 9.74. The predicted octanol–water partition coefficient (Wildman–Crippen LogP) is 4.84. The number of benzene rings is 3. The first-order valence-electron chi connectivity index (χ1n) is 10.5. The predicted molar refractivity (Wildman–Crippen MR) is 134 cm³/mol. The summed E-state index contributed by atoms with van der Waals surface area (Å²) in [7, 11) is 1.56. The number of imide groups is 1. The monoisotopic (exact) mass is 554 g/mol. The average molecular weight is 554 g/mol. The molecule has 3 aromatic rings. The highest BCUT2D eigenvalue weighted by atomic mass is 127. The SMILES string of the molecule is COc1ccc(C(=O)N(C2CC(=O)N(c3ccc(I)cc3)C2=O)C(C)c2ccccc2)cc1. The van der Waals surface area contributed by atoms with Gasteiger partial charge >= 0.3 is 0 Å². The van der Waals surface area contributed by atoms with Crippen LogP contribution in [0.3, 0.4) is 0 Å². The van der Waals surface area contributed by atoms with Gasteiger partial charge in [-0.1, -0.05) is 30.3 Å². The molecule has 3 aromatic carbocycles. The molecule has 4 rings (SSSR count). The number of carbonyl (C=O) groups excluding carboxylic acids is 3. The van der Waals surface area contributed by atoms with Crippen molar-refractivity contribution in [3.8, 4) is 5.75 Å². The molecule has 2 unspecified atom stereocenters. The van der Waals surface area contributed by atoms with Gasteiger partial charge in [-0.15, -0.1) is 0 Å². The Balaban J connectivity index is 1.72. The summed E-state index contributed by atoms with van der Waals surface area (Å²) >= 11 is 2.17. The summed E-state index contributed by atoms with van der Waals surface area (Å²) in [5.41, 5.74) is 1.82. The molecule has 1 fully saturated rings. The van der Waals surface area contributed by atoms with Crippen LogP contribution in [0.15, 0.2) is 78.9 Å². The van der Waals surface area contributed by atoms with Gasteiger partial charge in [0.25, 0.3) is 11.8 Å². The van der Waals surface area contributed by atoms with Gasteiger partial charge in [-0.05, 0) is 83.6 Å². The highest BCUT2D eigenvalue weighted by Crippen LogP contribution is 2.33. The number of anilines is 1. The molecule has 1 aliphatic rings. The zero-order valence-electron chi connectivity index (χ0n) is 18.3. The van der Waals surface area contributed by atoms with Crippen molar-refractivity contribution in [1.82, 2.24) is 4.90 Å². The van der Waals surface area contributed by atoms with Gasteiger partial charge in [0.2, 0.25) is 5.91 Å². The Bertz CT molecular complexity index is 1160. The average Bonchev–Trinajstić information content (AvgIpc) is 3.13. The number of halogens is 1. The Kier molecular flexibility index (Phi) is 6.78. The summed E-state index contributed by atoms with van der Waals surface area (Å²) in [4.78, 5) is 42.8. The van der Waals surface area contributed by atoms with E-state index in [4.69, 9.17) is 4.74 Å². The van der Waals surface area contributed by atoms with Crippen molar-refractivity contribution >= 4 is 46.0 Å². The first kappa shape index (κ1) is 23.0. The molecule has 2 atom stereocenters. The zero-order chi connectivity index (χ0) is 23.5. The van der Waals surface area contributed by atoms with Crippen LogP contribution in [0.5, 0.6) is 5.75 Å². The molecular weight excluding hydrogens is 531 g/mol. The van der Waals surface area contributed by atoms with Crippen LogP contribution in [0, 0.1) is 3.57 Å². The van der Waals surface area contributed by atoms with E-state index >= 15 is 0 Å². The number of hydrogen-bond acceptors (Lipinski definition) is 4. The Morgan fingerprint density at radius 3 is 2.24 bits per heavy atom. The molecule has 0 aliphatic carbocycles. The standard InChI is InChI=1S/C26H23IN2O4/c1-17(18-6-4-3-5-7-18)28(25(31)19-8-14-22(33-2)15-9-19)23-16-24(30)29(26(23)32)21-12-10-20(27)11-13-21/h3-15,17,23H,16H2,1-2H3.